The molecule has 0 saturated heterocycles. The van der Waals surface area contributed by atoms with Gasteiger partial charge in [-0.1, -0.05) is 12.1 Å². The molecule has 3 N–H and O–H groups in total. The molecule has 0 aliphatic rings. The van der Waals surface area contributed by atoms with Crippen LogP contribution in [-0.2, 0) is 4.79 Å². The normalized spacial score (nSPS) is 12.9. The first-order chi connectivity index (χ1) is 8.81. The van der Waals surface area contributed by atoms with Crippen molar-refractivity contribution in [2.45, 2.75) is 31.7 Å². The van der Waals surface area contributed by atoms with E-state index < -0.39 is 11.5 Å². The second-order valence-electron chi connectivity index (χ2n) is 5.05. The molecule has 106 valence electrons. The first-order valence-corrected chi connectivity index (χ1v) is 6.02. The van der Waals surface area contributed by atoms with Gasteiger partial charge in [0.15, 0.2) is 11.5 Å². The Morgan fingerprint density at radius 1 is 1.37 bits per heavy atom. The Morgan fingerprint density at radius 3 is 2.42 bits per heavy atom. The zero-order valence-electron chi connectivity index (χ0n) is 11.8. The van der Waals surface area contributed by atoms with Crippen LogP contribution in [0.1, 0.15) is 31.7 Å². The number of aliphatic carboxylic acids is 1. The van der Waals surface area contributed by atoms with Crippen molar-refractivity contribution in [2.75, 3.05) is 14.2 Å². The maximum Gasteiger partial charge on any atom is 0.304 e. The van der Waals surface area contributed by atoms with Crippen LogP contribution in [-0.4, -0.2) is 30.8 Å². The number of carboxylic acids is 1. The molecule has 1 rings (SSSR count). The van der Waals surface area contributed by atoms with Gasteiger partial charge in [-0.15, -0.1) is 0 Å². The summed E-state index contributed by atoms with van der Waals surface area (Å²) >= 11 is 0. The highest BCUT2D eigenvalue weighted by Gasteiger charge is 2.32. The molecule has 0 aliphatic heterocycles. The average Bonchev–Trinajstić information content (AvgIpc) is 2.33. The summed E-state index contributed by atoms with van der Waals surface area (Å²) in [6.45, 7) is 3.61. The van der Waals surface area contributed by atoms with Crippen molar-refractivity contribution < 1.29 is 19.4 Å². The highest BCUT2D eigenvalue weighted by Crippen LogP contribution is 2.40. The smallest absolute Gasteiger partial charge is 0.304 e. The first-order valence-electron chi connectivity index (χ1n) is 6.02. The van der Waals surface area contributed by atoms with E-state index in [1.165, 1.54) is 7.11 Å². The fraction of sp³-hybridized carbons (Fsp3) is 0.500. The summed E-state index contributed by atoms with van der Waals surface area (Å²) in [6.07, 6.45) is -0.0625. The fourth-order valence-corrected chi connectivity index (χ4v) is 2.13. The van der Waals surface area contributed by atoms with Crippen molar-refractivity contribution in [3.63, 3.8) is 0 Å². The quantitative estimate of drug-likeness (QED) is 0.823. The van der Waals surface area contributed by atoms with Gasteiger partial charge in [-0.2, -0.15) is 0 Å². The number of hydrogen-bond donors (Lipinski definition) is 2. The summed E-state index contributed by atoms with van der Waals surface area (Å²) < 4.78 is 10.6. The molecule has 0 fully saturated rings. The number of hydrogen-bond acceptors (Lipinski definition) is 4. The molecule has 1 unspecified atom stereocenters. The minimum absolute atomic E-state index is 0.0625. The molecule has 1 atom stereocenters. The number of ether oxygens (including phenoxy) is 2. The molecule has 0 aromatic heterocycles. The van der Waals surface area contributed by atoms with E-state index in [0.29, 0.717) is 11.5 Å². The van der Waals surface area contributed by atoms with Crippen LogP contribution in [0.2, 0.25) is 0 Å². The lowest BCUT2D eigenvalue weighted by Crippen LogP contribution is -2.40. The van der Waals surface area contributed by atoms with E-state index in [4.69, 9.17) is 20.3 Å². The monoisotopic (exact) mass is 267 g/mol. The maximum atomic E-state index is 11.1. The highest BCUT2D eigenvalue weighted by molar-refractivity contribution is 5.69. The molecule has 0 heterocycles. The summed E-state index contributed by atoms with van der Waals surface area (Å²) in [4.78, 5) is 11.1. The molecule has 0 aliphatic carbocycles. The lowest BCUT2D eigenvalue weighted by atomic mass is 9.80. The van der Waals surface area contributed by atoms with Gasteiger partial charge in [-0.05, 0) is 19.9 Å². The van der Waals surface area contributed by atoms with Gasteiger partial charge < -0.3 is 20.3 Å². The van der Waals surface area contributed by atoms with Gasteiger partial charge in [-0.3, -0.25) is 4.79 Å². The molecule has 19 heavy (non-hydrogen) atoms. The Bertz CT molecular complexity index is 451. The van der Waals surface area contributed by atoms with Crippen molar-refractivity contribution in [2.24, 2.45) is 5.73 Å². The maximum absolute atomic E-state index is 11.1. The lowest BCUT2D eigenvalue weighted by Gasteiger charge is -2.31. The van der Waals surface area contributed by atoms with Crippen LogP contribution in [0, 0.1) is 0 Å². The van der Waals surface area contributed by atoms with Crippen molar-refractivity contribution >= 4 is 5.97 Å². The molecule has 0 amide bonds. The van der Waals surface area contributed by atoms with Crippen LogP contribution < -0.4 is 15.2 Å². The van der Waals surface area contributed by atoms with E-state index in [2.05, 4.69) is 0 Å². The number of carboxylic acid groups (broad SMARTS) is 1. The highest BCUT2D eigenvalue weighted by atomic mass is 16.5. The van der Waals surface area contributed by atoms with Gasteiger partial charge in [0.2, 0.25) is 0 Å². The average molecular weight is 267 g/mol. The second-order valence-corrected chi connectivity index (χ2v) is 5.05. The molecular weight excluding hydrogens is 246 g/mol. The Morgan fingerprint density at radius 2 is 2.00 bits per heavy atom. The SMILES string of the molecule is COc1cccc(C(CC(=O)O)C(C)(C)N)c1OC. The van der Waals surface area contributed by atoms with E-state index in [-0.39, 0.29) is 12.3 Å². The van der Waals surface area contributed by atoms with Crippen LogP contribution in [0.5, 0.6) is 11.5 Å². The lowest BCUT2D eigenvalue weighted by molar-refractivity contribution is -0.137. The Kier molecular flexibility index (Phi) is 4.78. The first kappa shape index (κ1) is 15.3. The largest absolute Gasteiger partial charge is 0.493 e. The predicted octanol–water partition coefficient (Wildman–Crippen LogP) is 2.00. The van der Waals surface area contributed by atoms with Crippen LogP contribution in [0.4, 0.5) is 0 Å². The van der Waals surface area contributed by atoms with Gasteiger partial charge in [0, 0.05) is 17.0 Å². The third-order valence-electron chi connectivity index (χ3n) is 3.09. The van der Waals surface area contributed by atoms with Crippen molar-refractivity contribution in [3.8, 4) is 11.5 Å². The van der Waals surface area contributed by atoms with E-state index in [9.17, 15) is 4.79 Å². The van der Waals surface area contributed by atoms with E-state index in [0.717, 1.165) is 5.56 Å². The number of methoxy groups -OCH3 is 2. The molecule has 0 saturated carbocycles. The van der Waals surface area contributed by atoms with Crippen molar-refractivity contribution in [1.29, 1.82) is 0 Å². The zero-order valence-corrected chi connectivity index (χ0v) is 11.8. The van der Waals surface area contributed by atoms with Crippen LogP contribution in [0.25, 0.3) is 0 Å². The Balaban J connectivity index is 3.33. The molecule has 5 heteroatoms. The van der Waals surface area contributed by atoms with Gasteiger partial charge >= 0.3 is 5.97 Å². The van der Waals surface area contributed by atoms with E-state index in [1.54, 1.807) is 33.1 Å². The van der Waals surface area contributed by atoms with Gasteiger partial charge in [-0.25, -0.2) is 0 Å². The third kappa shape index (κ3) is 3.61. The molecule has 5 nitrogen and oxygen atoms in total. The van der Waals surface area contributed by atoms with Gasteiger partial charge in [0.25, 0.3) is 0 Å². The fourth-order valence-electron chi connectivity index (χ4n) is 2.13. The van der Waals surface area contributed by atoms with Crippen LogP contribution >= 0.6 is 0 Å². The Labute approximate surface area is 113 Å². The van der Waals surface area contributed by atoms with E-state index in [1.807, 2.05) is 6.07 Å². The molecule has 1 aromatic carbocycles. The summed E-state index contributed by atoms with van der Waals surface area (Å²) in [5, 5.41) is 9.07. The number of nitrogens with two attached hydrogens (primary N) is 1. The molecule has 1 aromatic rings. The summed E-state index contributed by atoms with van der Waals surface area (Å²) in [5.74, 6) is -0.155. The standard InChI is InChI=1S/C14H21NO4/c1-14(2,15)10(8-12(16)17)9-6-5-7-11(18-3)13(9)19-4/h5-7,10H,8,15H2,1-4H3,(H,16,17). The van der Waals surface area contributed by atoms with Gasteiger partial charge in [0.1, 0.15) is 0 Å². The third-order valence-corrected chi connectivity index (χ3v) is 3.09. The van der Waals surface area contributed by atoms with Crippen molar-refractivity contribution in [1.82, 2.24) is 0 Å². The predicted molar refractivity (Wildman–Crippen MR) is 72.8 cm³/mol. The Hall–Kier alpha value is -1.75. The molecule has 0 radical (unpaired) electrons. The second kappa shape index (κ2) is 5.93. The number of benzene rings is 1. The number of carbonyl (C=O) groups is 1. The topological polar surface area (TPSA) is 81.8 Å². The van der Waals surface area contributed by atoms with Crippen LogP contribution in [0.3, 0.4) is 0 Å². The number of para-hydroxylation sites is 1. The summed E-state index contributed by atoms with van der Waals surface area (Å²) in [6, 6.07) is 5.39. The van der Waals surface area contributed by atoms with E-state index >= 15 is 0 Å². The zero-order chi connectivity index (χ0) is 14.6. The van der Waals surface area contributed by atoms with Gasteiger partial charge in [0.05, 0.1) is 20.6 Å². The minimum Gasteiger partial charge on any atom is -0.493 e. The number of rotatable bonds is 6. The van der Waals surface area contributed by atoms with Crippen molar-refractivity contribution in [3.05, 3.63) is 23.8 Å². The molecule has 0 bridgehead atoms. The van der Waals surface area contributed by atoms with Crippen LogP contribution in [0.15, 0.2) is 18.2 Å². The summed E-state index contributed by atoms with van der Waals surface area (Å²) in [7, 11) is 3.07. The summed E-state index contributed by atoms with van der Waals surface area (Å²) in [5.41, 5.74) is 6.18. The molecular formula is C14H21NO4. The minimum atomic E-state index is -0.895. The molecule has 0 spiro atoms.